The fourth-order valence-corrected chi connectivity index (χ4v) is 3.62. The van der Waals surface area contributed by atoms with Crippen molar-refractivity contribution in [1.29, 1.82) is 0 Å². The summed E-state index contributed by atoms with van der Waals surface area (Å²) in [5.74, 6) is 0.553. The lowest BCUT2D eigenvalue weighted by Gasteiger charge is -2.33. The van der Waals surface area contributed by atoms with Gasteiger partial charge in [0, 0.05) is 6.54 Å². The van der Waals surface area contributed by atoms with Gasteiger partial charge in [0.2, 0.25) is 0 Å². The van der Waals surface area contributed by atoms with Gasteiger partial charge in [0.05, 0.1) is 0 Å². The number of rotatable bonds is 9. The highest BCUT2D eigenvalue weighted by atomic mass is 16.4. The first kappa shape index (κ1) is 15.8. The van der Waals surface area contributed by atoms with Crippen LogP contribution in [0.5, 0.6) is 0 Å². The molecule has 2 aliphatic rings. The zero-order valence-electron chi connectivity index (χ0n) is 13.0. The molecule has 0 heterocycles. The number of carboxylic acids is 1. The summed E-state index contributed by atoms with van der Waals surface area (Å²) >= 11 is 0. The first-order valence-electron chi connectivity index (χ1n) is 8.25. The summed E-state index contributed by atoms with van der Waals surface area (Å²) in [6.07, 6.45) is 7.64. The Morgan fingerprint density at radius 1 is 1.40 bits per heavy atom. The van der Waals surface area contributed by atoms with Crippen LogP contribution in [0.2, 0.25) is 0 Å². The molecule has 0 amide bonds. The van der Waals surface area contributed by atoms with Crippen molar-refractivity contribution in [3.63, 3.8) is 0 Å². The highest BCUT2D eigenvalue weighted by molar-refractivity contribution is 5.79. The second-order valence-corrected chi connectivity index (χ2v) is 6.79. The van der Waals surface area contributed by atoms with Crippen molar-refractivity contribution in [2.75, 3.05) is 26.7 Å². The Morgan fingerprint density at radius 2 is 2.15 bits per heavy atom. The van der Waals surface area contributed by atoms with E-state index in [1.54, 1.807) is 0 Å². The van der Waals surface area contributed by atoms with Gasteiger partial charge in [-0.1, -0.05) is 13.3 Å². The van der Waals surface area contributed by atoms with Crippen LogP contribution in [0.4, 0.5) is 0 Å². The number of hydrogen-bond donors (Lipinski definition) is 2. The second kappa shape index (κ2) is 6.90. The van der Waals surface area contributed by atoms with E-state index in [2.05, 4.69) is 24.2 Å². The summed E-state index contributed by atoms with van der Waals surface area (Å²) in [5.41, 5.74) is -0.656. The molecule has 2 saturated carbocycles. The number of aliphatic carboxylic acids is 1. The Morgan fingerprint density at radius 3 is 2.75 bits per heavy atom. The maximum Gasteiger partial charge on any atom is 0.324 e. The molecular weight excluding hydrogens is 252 g/mol. The SMILES string of the molecule is CCCNC1(C(=O)O)CCCC1CCN(C)CC1CC1. The van der Waals surface area contributed by atoms with Crippen molar-refractivity contribution in [2.24, 2.45) is 11.8 Å². The van der Waals surface area contributed by atoms with Crippen LogP contribution in [-0.2, 0) is 4.79 Å². The smallest absolute Gasteiger partial charge is 0.324 e. The van der Waals surface area contributed by atoms with Gasteiger partial charge in [-0.15, -0.1) is 0 Å². The normalized spacial score (nSPS) is 30.1. The zero-order chi connectivity index (χ0) is 14.6. The van der Waals surface area contributed by atoms with Gasteiger partial charge in [-0.2, -0.15) is 0 Å². The predicted molar refractivity (Wildman–Crippen MR) is 80.8 cm³/mol. The zero-order valence-corrected chi connectivity index (χ0v) is 13.0. The molecule has 0 aromatic heterocycles. The third-order valence-corrected chi connectivity index (χ3v) is 5.02. The summed E-state index contributed by atoms with van der Waals surface area (Å²) < 4.78 is 0. The van der Waals surface area contributed by atoms with Crippen LogP contribution in [0.15, 0.2) is 0 Å². The fraction of sp³-hybridized carbons (Fsp3) is 0.938. The van der Waals surface area contributed by atoms with Crippen LogP contribution in [-0.4, -0.2) is 48.2 Å². The molecule has 2 unspecified atom stereocenters. The van der Waals surface area contributed by atoms with Crippen molar-refractivity contribution in [2.45, 2.75) is 57.4 Å². The van der Waals surface area contributed by atoms with Crippen LogP contribution in [0.25, 0.3) is 0 Å². The highest BCUT2D eigenvalue weighted by Gasteiger charge is 2.48. The molecule has 4 heteroatoms. The second-order valence-electron chi connectivity index (χ2n) is 6.79. The summed E-state index contributed by atoms with van der Waals surface area (Å²) in [5, 5.41) is 13.1. The molecule has 0 saturated heterocycles. The van der Waals surface area contributed by atoms with Gasteiger partial charge >= 0.3 is 5.97 Å². The minimum atomic E-state index is -0.656. The van der Waals surface area contributed by atoms with E-state index in [0.29, 0.717) is 0 Å². The number of carboxylic acid groups (broad SMARTS) is 1. The van der Waals surface area contributed by atoms with E-state index in [1.807, 2.05) is 0 Å². The molecule has 20 heavy (non-hydrogen) atoms. The summed E-state index contributed by atoms with van der Waals surface area (Å²) in [4.78, 5) is 14.2. The molecule has 116 valence electrons. The van der Waals surface area contributed by atoms with Crippen molar-refractivity contribution in [3.05, 3.63) is 0 Å². The average molecular weight is 282 g/mol. The molecule has 2 rings (SSSR count). The number of hydrogen-bond acceptors (Lipinski definition) is 3. The van der Waals surface area contributed by atoms with E-state index in [0.717, 1.165) is 51.1 Å². The van der Waals surface area contributed by atoms with Gasteiger partial charge < -0.3 is 15.3 Å². The molecule has 2 N–H and O–H groups in total. The number of nitrogens with zero attached hydrogens (tertiary/aromatic N) is 1. The van der Waals surface area contributed by atoms with E-state index in [-0.39, 0.29) is 5.92 Å². The van der Waals surface area contributed by atoms with E-state index in [1.165, 1.54) is 19.4 Å². The average Bonchev–Trinajstić information content (AvgIpc) is 3.12. The fourth-order valence-electron chi connectivity index (χ4n) is 3.62. The molecule has 2 fully saturated rings. The third-order valence-electron chi connectivity index (χ3n) is 5.02. The van der Waals surface area contributed by atoms with Crippen LogP contribution in [0, 0.1) is 11.8 Å². The predicted octanol–water partition coefficient (Wildman–Crippen LogP) is 2.34. The van der Waals surface area contributed by atoms with Crippen LogP contribution >= 0.6 is 0 Å². The minimum absolute atomic E-state index is 0.285. The van der Waals surface area contributed by atoms with E-state index in [4.69, 9.17) is 0 Å². The maximum absolute atomic E-state index is 11.8. The minimum Gasteiger partial charge on any atom is -0.480 e. The molecule has 4 nitrogen and oxygen atoms in total. The lowest BCUT2D eigenvalue weighted by atomic mass is 9.84. The van der Waals surface area contributed by atoms with Gasteiger partial charge in [-0.25, -0.2) is 0 Å². The van der Waals surface area contributed by atoms with Crippen LogP contribution < -0.4 is 5.32 Å². The monoisotopic (exact) mass is 282 g/mol. The van der Waals surface area contributed by atoms with E-state index >= 15 is 0 Å². The quantitative estimate of drug-likeness (QED) is 0.681. The van der Waals surface area contributed by atoms with Crippen molar-refractivity contribution in [3.8, 4) is 0 Å². The standard InChI is InChI=1S/C16H30N2O2/c1-3-10-17-16(15(19)20)9-4-5-14(16)8-11-18(2)12-13-6-7-13/h13-14,17H,3-12H2,1-2H3,(H,19,20). The Labute approximate surface area is 122 Å². The first-order valence-corrected chi connectivity index (χ1v) is 8.25. The lowest BCUT2D eigenvalue weighted by Crippen LogP contribution is -2.55. The van der Waals surface area contributed by atoms with E-state index < -0.39 is 11.5 Å². The van der Waals surface area contributed by atoms with Crippen LogP contribution in [0.3, 0.4) is 0 Å². The maximum atomic E-state index is 11.8. The lowest BCUT2D eigenvalue weighted by molar-refractivity contribution is -0.146. The Kier molecular flexibility index (Phi) is 5.44. The Balaban J connectivity index is 1.87. The van der Waals surface area contributed by atoms with Gasteiger partial charge in [0.1, 0.15) is 5.54 Å². The molecule has 0 aliphatic heterocycles. The van der Waals surface area contributed by atoms with Gasteiger partial charge in [-0.05, 0) is 70.5 Å². The molecular formula is C16H30N2O2. The summed E-state index contributed by atoms with van der Waals surface area (Å²) in [6.45, 7) is 5.12. The van der Waals surface area contributed by atoms with Crippen molar-refractivity contribution >= 4 is 5.97 Å². The third kappa shape index (κ3) is 3.73. The summed E-state index contributed by atoms with van der Waals surface area (Å²) in [6, 6.07) is 0. The highest BCUT2D eigenvalue weighted by Crippen LogP contribution is 2.38. The molecule has 0 aromatic rings. The first-order chi connectivity index (χ1) is 9.58. The van der Waals surface area contributed by atoms with Crippen LogP contribution in [0.1, 0.15) is 51.9 Å². The van der Waals surface area contributed by atoms with E-state index in [9.17, 15) is 9.90 Å². The summed E-state index contributed by atoms with van der Waals surface area (Å²) in [7, 11) is 2.18. The van der Waals surface area contributed by atoms with Gasteiger partial charge in [0.25, 0.3) is 0 Å². The molecule has 0 radical (unpaired) electrons. The number of nitrogens with one attached hydrogen (secondary N) is 1. The number of carbonyl (C=O) groups is 1. The molecule has 0 aromatic carbocycles. The largest absolute Gasteiger partial charge is 0.480 e. The Hall–Kier alpha value is -0.610. The van der Waals surface area contributed by atoms with Crippen molar-refractivity contribution in [1.82, 2.24) is 10.2 Å². The molecule has 2 aliphatic carbocycles. The molecule has 2 atom stereocenters. The molecule has 0 bridgehead atoms. The van der Waals surface area contributed by atoms with Crippen molar-refractivity contribution < 1.29 is 9.90 Å². The Bertz CT molecular complexity index is 330. The van der Waals surface area contributed by atoms with Gasteiger partial charge in [0.15, 0.2) is 0 Å². The van der Waals surface area contributed by atoms with Gasteiger partial charge in [-0.3, -0.25) is 4.79 Å². The molecule has 0 spiro atoms. The topological polar surface area (TPSA) is 52.6 Å².